The summed E-state index contributed by atoms with van der Waals surface area (Å²) in [6.07, 6.45) is 1.78. The van der Waals surface area contributed by atoms with Gasteiger partial charge in [0.15, 0.2) is 11.5 Å². The van der Waals surface area contributed by atoms with Gasteiger partial charge in [-0.2, -0.15) is 14.7 Å². The molecule has 1 aliphatic heterocycles. The first-order chi connectivity index (χ1) is 12.4. The third kappa shape index (κ3) is 3.21. The number of hydrogen-bond acceptors (Lipinski definition) is 6. The van der Waals surface area contributed by atoms with Gasteiger partial charge in [0.05, 0.1) is 11.9 Å². The van der Waals surface area contributed by atoms with Crippen molar-refractivity contribution in [3.63, 3.8) is 0 Å². The minimum absolute atomic E-state index is 0.0352. The molecule has 0 amide bonds. The van der Waals surface area contributed by atoms with E-state index in [1.165, 1.54) is 0 Å². The Morgan fingerprint density at radius 1 is 1.15 bits per heavy atom. The first-order valence-corrected chi connectivity index (χ1v) is 9.04. The lowest BCUT2D eigenvalue weighted by atomic mass is 9.92. The molecule has 3 aromatic rings. The fourth-order valence-electron chi connectivity index (χ4n) is 3.19. The summed E-state index contributed by atoms with van der Waals surface area (Å²) < 4.78 is 1.85. The average Bonchev–Trinajstić information content (AvgIpc) is 3.01. The van der Waals surface area contributed by atoms with E-state index in [9.17, 15) is 0 Å². The van der Waals surface area contributed by atoms with Crippen molar-refractivity contribution in [1.29, 1.82) is 0 Å². The van der Waals surface area contributed by atoms with Gasteiger partial charge in [-0.3, -0.25) is 0 Å². The summed E-state index contributed by atoms with van der Waals surface area (Å²) in [4.78, 5) is 6.74. The molecule has 0 atom stereocenters. The number of nitrogens with one attached hydrogen (secondary N) is 1. The molecule has 1 saturated heterocycles. The highest BCUT2D eigenvalue weighted by atomic mass is 15.3. The van der Waals surface area contributed by atoms with Crippen LogP contribution in [0.3, 0.4) is 0 Å². The van der Waals surface area contributed by atoms with Crippen LogP contribution in [0.1, 0.15) is 32.2 Å². The number of anilines is 2. The van der Waals surface area contributed by atoms with Crippen molar-refractivity contribution >= 4 is 17.3 Å². The maximum atomic E-state index is 4.47. The predicted molar refractivity (Wildman–Crippen MR) is 103 cm³/mol. The van der Waals surface area contributed by atoms with Gasteiger partial charge in [0.2, 0.25) is 0 Å². The molecule has 0 aromatic carbocycles. The van der Waals surface area contributed by atoms with Crippen LogP contribution in [-0.4, -0.2) is 44.4 Å². The Kier molecular flexibility index (Phi) is 4.01. The van der Waals surface area contributed by atoms with E-state index in [0.717, 1.165) is 48.3 Å². The van der Waals surface area contributed by atoms with Crippen molar-refractivity contribution in [3.8, 4) is 0 Å². The summed E-state index contributed by atoms with van der Waals surface area (Å²) in [7, 11) is 0. The van der Waals surface area contributed by atoms with Crippen LogP contribution in [-0.2, 0) is 5.41 Å². The van der Waals surface area contributed by atoms with Gasteiger partial charge in [-0.05, 0) is 19.1 Å². The van der Waals surface area contributed by atoms with Crippen molar-refractivity contribution in [3.05, 3.63) is 41.9 Å². The third-order valence-electron chi connectivity index (χ3n) is 4.76. The van der Waals surface area contributed by atoms with E-state index >= 15 is 0 Å². The maximum absolute atomic E-state index is 4.47. The zero-order valence-electron chi connectivity index (χ0n) is 15.8. The van der Waals surface area contributed by atoms with Crippen LogP contribution in [0.15, 0.2) is 30.5 Å². The number of hydrogen-bond donors (Lipinski definition) is 1. The van der Waals surface area contributed by atoms with Crippen molar-refractivity contribution in [2.45, 2.75) is 33.1 Å². The molecule has 7 heteroatoms. The number of fused-ring (bicyclic) bond motifs is 1. The second-order valence-electron chi connectivity index (χ2n) is 8.06. The quantitative estimate of drug-likeness (QED) is 0.779. The van der Waals surface area contributed by atoms with Crippen LogP contribution >= 0.6 is 0 Å². The molecule has 0 spiro atoms. The number of rotatable bonds is 4. The van der Waals surface area contributed by atoms with Crippen LogP contribution in [0, 0.1) is 12.8 Å². The Balaban J connectivity index is 1.34. The zero-order valence-corrected chi connectivity index (χ0v) is 15.8. The highest BCUT2D eigenvalue weighted by molar-refractivity contribution is 5.49. The normalized spacial score (nSPS) is 15.3. The van der Waals surface area contributed by atoms with Crippen LogP contribution < -0.4 is 10.2 Å². The molecular weight excluding hydrogens is 326 g/mol. The molecule has 7 nitrogen and oxygen atoms in total. The third-order valence-corrected chi connectivity index (χ3v) is 4.76. The van der Waals surface area contributed by atoms with Crippen LogP contribution in [0.4, 0.5) is 11.6 Å². The molecule has 1 N–H and O–H groups in total. The summed E-state index contributed by atoms with van der Waals surface area (Å²) in [6, 6.07) is 8.12. The Hall–Kier alpha value is -2.70. The van der Waals surface area contributed by atoms with Crippen LogP contribution in [0.25, 0.3) is 5.65 Å². The van der Waals surface area contributed by atoms with E-state index < -0.39 is 0 Å². The maximum Gasteiger partial charge on any atom is 0.157 e. The molecule has 136 valence electrons. The van der Waals surface area contributed by atoms with Gasteiger partial charge >= 0.3 is 0 Å². The Morgan fingerprint density at radius 2 is 1.96 bits per heavy atom. The topological polar surface area (TPSA) is 71.2 Å². The average molecular weight is 351 g/mol. The molecule has 0 bridgehead atoms. The van der Waals surface area contributed by atoms with Crippen molar-refractivity contribution in [1.82, 2.24) is 24.8 Å². The van der Waals surface area contributed by atoms with E-state index in [2.05, 4.69) is 63.4 Å². The van der Waals surface area contributed by atoms with Gasteiger partial charge in [0.25, 0.3) is 0 Å². The van der Waals surface area contributed by atoms with Gasteiger partial charge in [-0.15, -0.1) is 5.10 Å². The summed E-state index contributed by atoms with van der Waals surface area (Å²) in [5.41, 5.74) is 2.92. The lowest BCUT2D eigenvalue weighted by Crippen LogP contribution is -2.50. The Labute approximate surface area is 153 Å². The smallest absolute Gasteiger partial charge is 0.157 e. The zero-order chi connectivity index (χ0) is 18.3. The highest BCUT2D eigenvalue weighted by Crippen LogP contribution is 2.25. The minimum atomic E-state index is 0.0352. The molecule has 26 heavy (non-hydrogen) atoms. The summed E-state index contributed by atoms with van der Waals surface area (Å²) in [6.45, 7) is 11.3. The molecule has 1 fully saturated rings. The molecule has 0 radical (unpaired) electrons. The van der Waals surface area contributed by atoms with E-state index in [1.807, 2.05) is 23.6 Å². The first-order valence-electron chi connectivity index (χ1n) is 9.04. The van der Waals surface area contributed by atoms with Gasteiger partial charge in [0, 0.05) is 48.8 Å². The van der Waals surface area contributed by atoms with Crippen molar-refractivity contribution < 1.29 is 0 Å². The van der Waals surface area contributed by atoms with E-state index in [0.29, 0.717) is 5.92 Å². The molecule has 0 aliphatic carbocycles. The molecular formula is C19H25N7. The SMILES string of the molecule is Cc1cc(NCC2CN(c3ccc(C(C)(C)C)nn3)C2)n2nccc2n1. The second kappa shape index (κ2) is 6.23. The molecule has 1 aliphatic rings. The van der Waals surface area contributed by atoms with Gasteiger partial charge in [0.1, 0.15) is 5.82 Å². The lowest BCUT2D eigenvalue weighted by molar-refractivity contribution is 0.424. The van der Waals surface area contributed by atoms with Gasteiger partial charge in [-0.25, -0.2) is 4.98 Å². The van der Waals surface area contributed by atoms with Crippen LogP contribution in [0.2, 0.25) is 0 Å². The minimum Gasteiger partial charge on any atom is -0.369 e. The van der Waals surface area contributed by atoms with Gasteiger partial charge in [-0.1, -0.05) is 20.8 Å². The highest BCUT2D eigenvalue weighted by Gasteiger charge is 2.28. The molecule has 0 saturated carbocycles. The number of nitrogens with zero attached hydrogens (tertiary/aromatic N) is 6. The van der Waals surface area contributed by atoms with Crippen molar-refractivity contribution in [2.75, 3.05) is 29.9 Å². The fraction of sp³-hybridized carbons (Fsp3) is 0.474. The van der Waals surface area contributed by atoms with Gasteiger partial charge < -0.3 is 10.2 Å². The monoisotopic (exact) mass is 351 g/mol. The van der Waals surface area contributed by atoms with E-state index in [-0.39, 0.29) is 5.41 Å². The fourth-order valence-corrected chi connectivity index (χ4v) is 3.19. The molecule has 3 aromatic heterocycles. The van der Waals surface area contributed by atoms with E-state index in [4.69, 9.17) is 0 Å². The lowest BCUT2D eigenvalue weighted by Gasteiger charge is -2.40. The number of aryl methyl sites for hydroxylation is 1. The standard InChI is InChI=1S/C19H25N7/c1-13-9-18(26-16(22-13)7-8-21-26)20-10-14-11-25(12-14)17-6-5-15(23-24-17)19(2,3)4/h5-9,14,20H,10-12H2,1-4H3. The Morgan fingerprint density at radius 3 is 2.65 bits per heavy atom. The predicted octanol–water partition coefficient (Wildman–Crippen LogP) is 2.67. The number of aromatic nitrogens is 5. The van der Waals surface area contributed by atoms with Crippen LogP contribution in [0.5, 0.6) is 0 Å². The van der Waals surface area contributed by atoms with E-state index in [1.54, 1.807) is 6.20 Å². The summed E-state index contributed by atoms with van der Waals surface area (Å²) in [5, 5.41) is 16.6. The summed E-state index contributed by atoms with van der Waals surface area (Å²) >= 11 is 0. The first kappa shape index (κ1) is 16.8. The Bertz CT molecular complexity index is 902. The van der Waals surface area contributed by atoms with Crippen molar-refractivity contribution in [2.24, 2.45) is 5.92 Å². The molecule has 4 rings (SSSR count). The molecule has 4 heterocycles. The molecule has 0 unspecified atom stereocenters. The second-order valence-corrected chi connectivity index (χ2v) is 8.06. The summed E-state index contributed by atoms with van der Waals surface area (Å²) in [5.74, 6) is 2.53. The largest absolute Gasteiger partial charge is 0.369 e.